The zero-order valence-electron chi connectivity index (χ0n) is 15.8. The number of amides is 2. The summed E-state index contributed by atoms with van der Waals surface area (Å²) in [6.45, 7) is 4.70. The summed E-state index contributed by atoms with van der Waals surface area (Å²) >= 11 is 1.29. The van der Waals surface area contributed by atoms with Crippen LogP contribution >= 0.6 is 11.3 Å². The fourth-order valence-electron chi connectivity index (χ4n) is 2.60. The topological polar surface area (TPSA) is 76.7 Å². The van der Waals surface area contributed by atoms with Crippen LogP contribution in [0.15, 0.2) is 24.3 Å². The van der Waals surface area contributed by atoms with Crippen LogP contribution in [-0.4, -0.2) is 32.1 Å². The Morgan fingerprint density at radius 2 is 1.93 bits per heavy atom. The third-order valence-corrected chi connectivity index (χ3v) is 5.40. The van der Waals surface area contributed by atoms with Gasteiger partial charge in [0.2, 0.25) is 5.91 Å². The number of benzene rings is 1. The molecule has 0 bridgehead atoms. The second-order valence-electron chi connectivity index (χ2n) is 6.68. The predicted molar refractivity (Wildman–Crippen MR) is 107 cm³/mol. The number of ether oxygens (including phenoxy) is 2. The standard InChI is InChI=1S/C20H24N2O4S/c1-12-4-7-15(16(10-12)26-9-8-25-3)21-20(24)18-13(2)11-17(27-18)22-19(23)14-5-6-14/h4,7,10-11,14H,5-6,8-9H2,1-3H3,(H,21,24)(H,22,23). The Balaban J connectivity index is 1.71. The van der Waals surface area contributed by atoms with E-state index < -0.39 is 0 Å². The first-order chi connectivity index (χ1) is 13.0. The lowest BCUT2D eigenvalue weighted by atomic mass is 10.2. The second kappa shape index (κ2) is 8.54. The van der Waals surface area contributed by atoms with Crippen molar-refractivity contribution in [2.75, 3.05) is 31.0 Å². The zero-order valence-corrected chi connectivity index (χ0v) is 16.6. The summed E-state index contributed by atoms with van der Waals surface area (Å²) in [5.41, 5.74) is 2.48. The molecule has 2 N–H and O–H groups in total. The van der Waals surface area contributed by atoms with Crippen molar-refractivity contribution in [1.82, 2.24) is 0 Å². The molecule has 0 saturated heterocycles. The van der Waals surface area contributed by atoms with Gasteiger partial charge in [-0.1, -0.05) is 6.07 Å². The van der Waals surface area contributed by atoms with E-state index in [-0.39, 0.29) is 17.7 Å². The van der Waals surface area contributed by atoms with Crippen LogP contribution in [0.4, 0.5) is 10.7 Å². The van der Waals surface area contributed by atoms with Gasteiger partial charge in [0, 0.05) is 13.0 Å². The molecule has 1 aliphatic rings. The van der Waals surface area contributed by atoms with E-state index in [9.17, 15) is 9.59 Å². The van der Waals surface area contributed by atoms with Gasteiger partial charge in [-0.3, -0.25) is 9.59 Å². The van der Waals surface area contributed by atoms with E-state index in [0.717, 1.165) is 24.0 Å². The van der Waals surface area contributed by atoms with E-state index in [1.807, 2.05) is 38.1 Å². The molecular formula is C20H24N2O4S. The largest absolute Gasteiger partial charge is 0.489 e. The maximum absolute atomic E-state index is 12.8. The Morgan fingerprint density at radius 3 is 2.63 bits per heavy atom. The molecule has 3 rings (SSSR count). The summed E-state index contributed by atoms with van der Waals surface area (Å²) in [5.74, 6) is 0.557. The van der Waals surface area contributed by atoms with E-state index in [4.69, 9.17) is 9.47 Å². The monoisotopic (exact) mass is 388 g/mol. The molecule has 1 heterocycles. The van der Waals surface area contributed by atoms with Crippen molar-refractivity contribution < 1.29 is 19.1 Å². The van der Waals surface area contributed by atoms with Crippen molar-refractivity contribution in [3.8, 4) is 5.75 Å². The number of nitrogens with one attached hydrogen (secondary N) is 2. The van der Waals surface area contributed by atoms with E-state index in [1.165, 1.54) is 11.3 Å². The number of rotatable bonds is 8. The summed E-state index contributed by atoms with van der Waals surface area (Å²) in [6, 6.07) is 7.47. The number of anilines is 2. The smallest absolute Gasteiger partial charge is 0.266 e. The number of carbonyl (C=O) groups excluding carboxylic acids is 2. The molecule has 1 aliphatic carbocycles. The summed E-state index contributed by atoms with van der Waals surface area (Å²) in [7, 11) is 1.61. The number of carbonyl (C=O) groups is 2. The van der Waals surface area contributed by atoms with Crippen LogP contribution in [-0.2, 0) is 9.53 Å². The molecule has 0 aliphatic heterocycles. The van der Waals surface area contributed by atoms with E-state index in [2.05, 4.69) is 10.6 Å². The van der Waals surface area contributed by atoms with Gasteiger partial charge in [-0.05, 0) is 56.0 Å². The molecule has 1 aromatic heterocycles. The van der Waals surface area contributed by atoms with Crippen molar-refractivity contribution in [3.63, 3.8) is 0 Å². The quantitative estimate of drug-likeness (QED) is 0.671. The maximum atomic E-state index is 12.8. The van der Waals surface area contributed by atoms with Crippen molar-refractivity contribution in [2.45, 2.75) is 26.7 Å². The molecule has 27 heavy (non-hydrogen) atoms. The minimum absolute atomic E-state index is 0.0376. The first-order valence-electron chi connectivity index (χ1n) is 8.93. The SMILES string of the molecule is COCCOc1cc(C)ccc1NC(=O)c1sc(NC(=O)C2CC2)cc1C. The van der Waals surface area contributed by atoms with Gasteiger partial charge in [0.1, 0.15) is 12.4 Å². The molecule has 144 valence electrons. The molecule has 6 nitrogen and oxygen atoms in total. The lowest BCUT2D eigenvalue weighted by molar-refractivity contribution is -0.117. The number of methoxy groups -OCH3 is 1. The van der Waals surface area contributed by atoms with Crippen molar-refractivity contribution >= 4 is 33.8 Å². The van der Waals surface area contributed by atoms with Crippen LogP contribution in [0.25, 0.3) is 0 Å². The van der Waals surface area contributed by atoms with Crippen LogP contribution in [0.3, 0.4) is 0 Å². The average molecular weight is 388 g/mol. The lowest BCUT2D eigenvalue weighted by Gasteiger charge is -2.13. The van der Waals surface area contributed by atoms with Gasteiger partial charge < -0.3 is 20.1 Å². The molecule has 1 fully saturated rings. The third-order valence-electron chi connectivity index (χ3n) is 4.25. The highest BCUT2D eigenvalue weighted by Crippen LogP contribution is 2.33. The van der Waals surface area contributed by atoms with Crippen LogP contribution in [0.2, 0.25) is 0 Å². The predicted octanol–water partition coefficient (Wildman–Crippen LogP) is 3.99. The van der Waals surface area contributed by atoms with Gasteiger partial charge in [-0.25, -0.2) is 0 Å². The zero-order chi connectivity index (χ0) is 19.4. The second-order valence-corrected chi connectivity index (χ2v) is 7.73. The highest BCUT2D eigenvalue weighted by Gasteiger charge is 2.30. The minimum Gasteiger partial charge on any atom is -0.489 e. The maximum Gasteiger partial charge on any atom is 0.266 e. The van der Waals surface area contributed by atoms with Crippen LogP contribution in [0.5, 0.6) is 5.75 Å². The number of aryl methyl sites for hydroxylation is 2. The molecule has 1 saturated carbocycles. The molecule has 2 aromatic rings. The highest BCUT2D eigenvalue weighted by molar-refractivity contribution is 7.18. The van der Waals surface area contributed by atoms with Crippen LogP contribution in [0, 0.1) is 19.8 Å². The number of hydrogen-bond acceptors (Lipinski definition) is 5. The molecule has 0 unspecified atom stereocenters. The lowest BCUT2D eigenvalue weighted by Crippen LogP contribution is -2.14. The van der Waals surface area contributed by atoms with Gasteiger partial charge in [0.15, 0.2) is 0 Å². The Kier molecular flexibility index (Phi) is 6.13. The van der Waals surface area contributed by atoms with E-state index in [0.29, 0.717) is 34.5 Å². The van der Waals surface area contributed by atoms with Gasteiger partial charge >= 0.3 is 0 Å². The first kappa shape index (κ1) is 19.4. The van der Waals surface area contributed by atoms with E-state index in [1.54, 1.807) is 7.11 Å². The van der Waals surface area contributed by atoms with Gasteiger partial charge in [0.05, 0.1) is 22.2 Å². The normalized spacial score (nSPS) is 13.3. The molecule has 0 atom stereocenters. The Hall–Kier alpha value is -2.38. The van der Waals surface area contributed by atoms with Crippen LogP contribution < -0.4 is 15.4 Å². The minimum atomic E-state index is -0.218. The third kappa shape index (κ3) is 5.08. The van der Waals surface area contributed by atoms with Crippen LogP contribution in [0.1, 0.15) is 33.6 Å². The molecule has 1 aromatic carbocycles. The number of hydrogen-bond donors (Lipinski definition) is 2. The van der Waals surface area contributed by atoms with Gasteiger partial charge in [-0.2, -0.15) is 0 Å². The molecular weight excluding hydrogens is 364 g/mol. The fourth-order valence-corrected chi connectivity index (χ4v) is 3.58. The Labute approximate surface area is 162 Å². The Morgan fingerprint density at radius 1 is 1.15 bits per heavy atom. The summed E-state index contributed by atoms with van der Waals surface area (Å²) in [5, 5.41) is 6.52. The average Bonchev–Trinajstić information content (AvgIpc) is 3.41. The molecule has 2 amide bonds. The summed E-state index contributed by atoms with van der Waals surface area (Å²) in [4.78, 5) is 25.3. The first-order valence-corrected chi connectivity index (χ1v) is 9.74. The molecule has 0 spiro atoms. The van der Waals surface area contributed by atoms with Crippen molar-refractivity contribution in [1.29, 1.82) is 0 Å². The summed E-state index contributed by atoms with van der Waals surface area (Å²) in [6.07, 6.45) is 1.89. The Bertz CT molecular complexity index is 843. The van der Waals surface area contributed by atoms with Crippen molar-refractivity contribution in [2.24, 2.45) is 5.92 Å². The van der Waals surface area contributed by atoms with E-state index >= 15 is 0 Å². The summed E-state index contributed by atoms with van der Waals surface area (Å²) < 4.78 is 10.7. The van der Waals surface area contributed by atoms with Crippen molar-refractivity contribution in [3.05, 3.63) is 40.3 Å². The van der Waals surface area contributed by atoms with Gasteiger partial charge in [-0.15, -0.1) is 11.3 Å². The molecule has 0 radical (unpaired) electrons. The van der Waals surface area contributed by atoms with Gasteiger partial charge in [0.25, 0.3) is 5.91 Å². The highest BCUT2D eigenvalue weighted by atomic mass is 32.1. The fraction of sp³-hybridized carbons (Fsp3) is 0.400. The number of thiophene rings is 1. The molecule has 7 heteroatoms.